The molecule has 31 heavy (non-hydrogen) atoms. The Morgan fingerprint density at radius 1 is 1.00 bits per heavy atom. The molecule has 8 heteroatoms. The summed E-state index contributed by atoms with van der Waals surface area (Å²) in [5, 5.41) is 3.31. The van der Waals surface area contributed by atoms with Crippen molar-refractivity contribution in [3.05, 3.63) is 71.5 Å². The second kappa shape index (κ2) is 8.45. The van der Waals surface area contributed by atoms with Crippen LogP contribution >= 0.6 is 0 Å². The van der Waals surface area contributed by atoms with E-state index in [2.05, 4.69) is 19.9 Å². The van der Waals surface area contributed by atoms with Gasteiger partial charge in [-0.3, -0.25) is 0 Å². The summed E-state index contributed by atoms with van der Waals surface area (Å²) in [7, 11) is 0. The van der Waals surface area contributed by atoms with E-state index in [4.69, 9.17) is 4.98 Å². The Morgan fingerprint density at radius 3 is 2.48 bits per heavy atom. The second-order valence-electron chi connectivity index (χ2n) is 7.77. The molecule has 1 aliphatic heterocycles. The van der Waals surface area contributed by atoms with E-state index < -0.39 is 6.36 Å². The van der Waals surface area contributed by atoms with Gasteiger partial charge in [-0.05, 0) is 41.8 Å². The van der Waals surface area contributed by atoms with E-state index in [1.807, 2.05) is 50.2 Å². The first-order chi connectivity index (χ1) is 14.8. The van der Waals surface area contributed by atoms with Crippen LogP contribution in [0.1, 0.15) is 36.7 Å². The van der Waals surface area contributed by atoms with Gasteiger partial charge in [0.15, 0.2) is 0 Å². The summed E-state index contributed by atoms with van der Waals surface area (Å²) in [5.74, 6) is 2.05. The first-order valence-electron chi connectivity index (χ1n) is 10.1. The van der Waals surface area contributed by atoms with Crippen molar-refractivity contribution in [2.24, 2.45) is 0 Å². The number of benzene rings is 2. The average molecular weight is 428 g/mol. The van der Waals surface area contributed by atoms with Crippen molar-refractivity contribution in [3.8, 4) is 5.75 Å². The van der Waals surface area contributed by atoms with Crippen molar-refractivity contribution in [2.75, 3.05) is 16.8 Å². The van der Waals surface area contributed by atoms with Gasteiger partial charge in [0.05, 0.1) is 0 Å². The summed E-state index contributed by atoms with van der Waals surface area (Å²) >= 11 is 0. The Morgan fingerprint density at radius 2 is 1.77 bits per heavy atom. The molecule has 0 aliphatic carbocycles. The molecule has 1 aromatic heterocycles. The van der Waals surface area contributed by atoms with Crippen LogP contribution in [0.3, 0.4) is 0 Å². The number of hydrogen-bond acceptors (Lipinski definition) is 5. The number of halogens is 3. The highest BCUT2D eigenvalue weighted by molar-refractivity contribution is 5.60. The van der Waals surface area contributed by atoms with Crippen molar-refractivity contribution >= 4 is 17.3 Å². The third-order valence-corrected chi connectivity index (χ3v) is 5.04. The van der Waals surface area contributed by atoms with Gasteiger partial charge in [0.25, 0.3) is 0 Å². The van der Waals surface area contributed by atoms with Gasteiger partial charge < -0.3 is 15.0 Å². The van der Waals surface area contributed by atoms with Crippen molar-refractivity contribution in [1.82, 2.24) is 9.97 Å². The third kappa shape index (κ3) is 5.25. The van der Waals surface area contributed by atoms with E-state index in [-0.39, 0.29) is 11.7 Å². The standard InChI is InChI=1S/C23H23F3N4O/c1-15(2)22-28-20(27-18-6-4-3-5-7-18)13-21(29-22)30-11-10-16-8-9-19(12-17(16)14-30)31-23(24,25)26/h3-9,12-13,15H,10-11,14H2,1-2H3,(H,27,28,29). The van der Waals surface area contributed by atoms with Gasteiger partial charge in [0, 0.05) is 30.8 Å². The minimum absolute atomic E-state index is 0.125. The molecule has 0 amide bonds. The Balaban J connectivity index is 1.61. The predicted octanol–water partition coefficient (Wildman–Crippen LogP) is 5.80. The maximum atomic E-state index is 12.6. The molecule has 0 saturated carbocycles. The Labute approximate surface area is 178 Å². The summed E-state index contributed by atoms with van der Waals surface area (Å²) in [6.07, 6.45) is -4.00. The van der Waals surface area contributed by atoms with Gasteiger partial charge in [-0.2, -0.15) is 0 Å². The van der Waals surface area contributed by atoms with Crippen LogP contribution < -0.4 is 15.0 Å². The number of nitrogens with zero attached hydrogens (tertiary/aromatic N) is 3. The molecule has 4 rings (SSSR count). The van der Waals surface area contributed by atoms with Gasteiger partial charge in [0.1, 0.15) is 23.2 Å². The number of anilines is 3. The third-order valence-electron chi connectivity index (χ3n) is 5.04. The largest absolute Gasteiger partial charge is 0.573 e. The molecule has 5 nitrogen and oxygen atoms in total. The molecule has 3 aromatic rings. The quantitative estimate of drug-likeness (QED) is 0.556. The second-order valence-corrected chi connectivity index (χ2v) is 7.77. The van der Waals surface area contributed by atoms with Crippen molar-refractivity contribution in [1.29, 1.82) is 0 Å². The summed E-state index contributed by atoms with van der Waals surface area (Å²) in [4.78, 5) is 11.4. The number of alkyl halides is 3. The average Bonchev–Trinajstić information content (AvgIpc) is 2.72. The van der Waals surface area contributed by atoms with Gasteiger partial charge >= 0.3 is 6.36 Å². The SMILES string of the molecule is CC(C)c1nc(Nc2ccccc2)cc(N2CCc3ccc(OC(F)(F)F)cc3C2)n1. The summed E-state index contributed by atoms with van der Waals surface area (Å²) < 4.78 is 41.9. The van der Waals surface area contributed by atoms with Crippen LogP contribution in [0, 0.1) is 0 Å². The number of fused-ring (bicyclic) bond motifs is 1. The van der Waals surface area contributed by atoms with Crippen LogP contribution in [0.25, 0.3) is 0 Å². The Bertz CT molecular complexity index is 1050. The van der Waals surface area contributed by atoms with Gasteiger partial charge in [-0.1, -0.05) is 38.1 Å². The lowest BCUT2D eigenvalue weighted by Crippen LogP contribution is -2.31. The Kier molecular flexibility index (Phi) is 5.71. The fourth-order valence-electron chi connectivity index (χ4n) is 3.53. The predicted molar refractivity (Wildman–Crippen MR) is 114 cm³/mol. The molecule has 1 aliphatic rings. The molecule has 2 heterocycles. The van der Waals surface area contributed by atoms with Gasteiger partial charge in [-0.15, -0.1) is 13.2 Å². The lowest BCUT2D eigenvalue weighted by atomic mass is 9.99. The molecule has 1 N–H and O–H groups in total. The van der Waals surface area contributed by atoms with E-state index in [0.717, 1.165) is 22.6 Å². The molecule has 2 aromatic carbocycles. The first kappa shape index (κ1) is 21.0. The van der Waals surface area contributed by atoms with E-state index in [0.29, 0.717) is 31.2 Å². The molecule has 0 fully saturated rings. The number of aromatic nitrogens is 2. The van der Waals surface area contributed by atoms with Crippen LogP contribution in [-0.2, 0) is 13.0 Å². The van der Waals surface area contributed by atoms with Crippen LogP contribution in [0.15, 0.2) is 54.6 Å². The van der Waals surface area contributed by atoms with Crippen LogP contribution in [0.2, 0.25) is 0 Å². The highest BCUT2D eigenvalue weighted by Crippen LogP contribution is 2.31. The molecule has 0 atom stereocenters. The number of hydrogen-bond donors (Lipinski definition) is 1. The summed E-state index contributed by atoms with van der Waals surface area (Å²) in [6, 6.07) is 16.1. The van der Waals surface area contributed by atoms with Crippen LogP contribution in [0.4, 0.5) is 30.5 Å². The van der Waals surface area contributed by atoms with Crippen LogP contribution in [0.5, 0.6) is 5.75 Å². The lowest BCUT2D eigenvalue weighted by molar-refractivity contribution is -0.274. The minimum atomic E-state index is -4.71. The summed E-state index contributed by atoms with van der Waals surface area (Å²) in [5.41, 5.74) is 2.74. The zero-order valence-electron chi connectivity index (χ0n) is 17.3. The monoisotopic (exact) mass is 428 g/mol. The normalized spacial score (nSPS) is 13.8. The molecule has 0 unspecified atom stereocenters. The molecular formula is C23H23F3N4O. The number of rotatable bonds is 5. The molecule has 0 saturated heterocycles. The Hall–Kier alpha value is -3.29. The number of para-hydroxylation sites is 1. The molecule has 0 radical (unpaired) electrons. The van der Waals surface area contributed by atoms with E-state index >= 15 is 0 Å². The maximum Gasteiger partial charge on any atom is 0.573 e. The minimum Gasteiger partial charge on any atom is -0.406 e. The lowest BCUT2D eigenvalue weighted by Gasteiger charge is -2.30. The van der Waals surface area contributed by atoms with Crippen molar-refractivity contribution in [2.45, 2.75) is 39.1 Å². The van der Waals surface area contributed by atoms with Crippen molar-refractivity contribution < 1.29 is 17.9 Å². The zero-order chi connectivity index (χ0) is 22.0. The summed E-state index contributed by atoms with van der Waals surface area (Å²) in [6.45, 7) is 5.21. The number of nitrogens with one attached hydrogen (secondary N) is 1. The topological polar surface area (TPSA) is 50.3 Å². The first-order valence-corrected chi connectivity index (χ1v) is 10.1. The number of ether oxygens (including phenoxy) is 1. The highest BCUT2D eigenvalue weighted by atomic mass is 19.4. The van der Waals surface area contributed by atoms with Crippen molar-refractivity contribution in [3.63, 3.8) is 0 Å². The fraction of sp³-hybridized carbons (Fsp3) is 0.304. The fourth-order valence-corrected chi connectivity index (χ4v) is 3.53. The van der Waals surface area contributed by atoms with E-state index in [1.54, 1.807) is 6.07 Å². The molecule has 162 valence electrons. The molecule has 0 spiro atoms. The zero-order valence-corrected chi connectivity index (χ0v) is 17.3. The van der Waals surface area contributed by atoms with Gasteiger partial charge in [0.2, 0.25) is 0 Å². The highest BCUT2D eigenvalue weighted by Gasteiger charge is 2.31. The van der Waals surface area contributed by atoms with E-state index in [1.165, 1.54) is 12.1 Å². The van der Waals surface area contributed by atoms with E-state index in [9.17, 15) is 13.2 Å². The molecular weight excluding hydrogens is 405 g/mol. The molecule has 0 bridgehead atoms. The van der Waals surface area contributed by atoms with Gasteiger partial charge in [-0.25, -0.2) is 9.97 Å². The maximum absolute atomic E-state index is 12.6. The smallest absolute Gasteiger partial charge is 0.406 e. The van der Waals surface area contributed by atoms with Crippen LogP contribution in [-0.4, -0.2) is 22.9 Å².